The fourth-order valence-corrected chi connectivity index (χ4v) is 4.48. The minimum absolute atomic E-state index is 0.147. The Morgan fingerprint density at radius 3 is 2.22 bits per heavy atom. The second-order valence-corrected chi connectivity index (χ2v) is 8.79. The highest BCUT2D eigenvalue weighted by Crippen LogP contribution is 2.37. The maximum Gasteiger partial charge on any atom is 0.416 e. The van der Waals surface area contributed by atoms with Crippen LogP contribution in [0.2, 0.25) is 0 Å². The summed E-state index contributed by atoms with van der Waals surface area (Å²) >= 11 is 0. The van der Waals surface area contributed by atoms with Gasteiger partial charge in [-0.1, -0.05) is 55.5 Å². The summed E-state index contributed by atoms with van der Waals surface area (Å²) in [5.74, 6) is -1.22. The molecule has 0 spiro atoms. The largest absolute Gasteiger partial charge is 0.416 e. The van der Waals surface area contributed by atoms with Gasteiger partial charge in [0.1, 0.15) is 0 Å². The lowest BCUT2D eigenvalue weighted by molar-refractivity contribution is -0.138. The van der Waals surface area contributed by atoms with E-state index in [1.54, 1.807) is 12.3 Å². The van der Waals surface area contributed by atoms with Gasteiger partial charge in [-0.3, -0.25) is 4.79 Å². The zero-order valence-corrected chi connectivity index (χ0v) is 19.8. The maximum atomic E-state index is 13.4. The van der Waals surface area contributed by atoms with Gasteiger partial charge in [-0.15, -0.1) is 0 Å². The number of amides is 1. The molecule has 9 heteroatoms. The molecule has 0 saturated carbocycles. The third-order valence-corrected chi connectivity index (χ3v) is 6.34. The third-order valence-electron chi connectivity index (χ3n) is 6.34. The number of carbonyl (C=O) groups excluding carboxylic acids is 1. The van der Waals surface area contributed by atoms with Crippen molar-refractivity contribution in [1.29, 1.82) is 0 Å². The average Bonchev–Trinajstić information content (AvgIpc) is 3.29. The van der Waals surface area contributed by atoms with Crippen LogP contribution in [-0.4, -0.2) is 10.9 Å². The summed E-state index contributed by atoms with van der Waals surface area (Å²) in [6.45, 7) is 1.84. The van der Waals surface area contributed by atoms with E-state index in [9.17, 15) is 31.1 Å². The number of hydrogen-bond donors (Lipinski definition) is 2. The molecular weight excluding hydrogens is 494 g/mol. The fourth-order valence-electron chi connectivity index (χ4n) is 4.48. The van der Waals surface area contributed by atoms with E-state index in [4.69, 9.17) is 0 Å². The molecule has 1 amide bonds. The number of carbonyl (C=O) groups is 1. The topological polar surface area (TPSA) is 44.9 Å². The van der Waals surface area contributed by atoms with E-state index in [0.717, 1.165) is 47.2 Å². The van der Waals surface area contributed by atoms with Crippen molar-refractivity contribution in [1.82, 2.24) is 10.3 Å². The lowest BCUT2D eigenvalue weighted by atomic mass is 9.86. The number of aromatic nitrogens is 1. The number of aromatic amines is 1. The van der Waals surface area contributed by atoms with Crippen molar-refractivity contribution in [2.45, 2.75) is 44.6 Å². The number of aryl methyl sites for hydroxylation is 1. The summed E-state index contributed by atoms with van der Waals surface area (Å²) in [6.07, 6.45) is -6.81. The number of H-pyrrole nitrogens is 1. The molecule has 4 rings (SSSR count). The van der Waals surface area contributed by atoms with E-state index >= 15 is 0 Å². The van der Waals surface area contributed by atoms with E-state index in [1.165, 1.54) is 18.2 Å². The molecule has 1 atom stereocenters. The Balaban J connectivity index is 1.65. The Labute approximate surface area is 209 Å². The molecule has 0 saturated heterocycles. The Bertz CT molecular complexity index is 1400. The first-order valence-corrected chi connectivity index (χ1v) is 11.7. The maximum absolute atomic E-state index is 13.4. The number of rotatable bonds is 7. The minimum atomic E-state index is -4.55. The zero-order chi connectivity index (χ0) is 26.8. The molecule has 3 aromatic carbocycles. The van der Waals surface area contributed by atoms with Crippen LogP contribution in [0.1, 0.15) is 52.6 Å². The van der Waals surface area contributed by atoms with Crippen LogP contribution >= 0.6 is 0 Å². The van der Waals surface area contributed by atoms with Gasteiger partial charge in [0.05, 0.1) is 11.1 Å². The molecule has 0 radical (unpaired) electrons. The van der Waals surface area contributed by atoms with Crippen molar-refractivity contribution in [2.75, 3.05) is 0 Å². The number of para-hydroxylation sites is 1. The van der Waals surface area contributed by atoms with Crippen LogP contribution < -0.4 is 5.32 Å². The molecule has 37 heavy (non-hydrogen) atoms. The molecule has 3 nitrogen and oxygen atoms in total. The van der Waals surface area contributed by atoms with Crippen LogP contribution in [0, 0.1) is 0 Å². The molecule has 4 aromatic rings. The summed E-state index contributed by atoms with van der Waals surface area (Å²) < 4.78 is 79.4. The van der Waals surface area contributed by atoms with E-state index in [1.807, 2.05) is 25.1 Å². The van der Waals surface area contributed by atoms with Crippen molar-refractivity contribution in [3.63, 3.8) is 0 Å². The van der Waals surface area contributed by atoms with E-state index < -0.39 is 35.3 Å². The second kappa shape index (κ2) is 10.3. The SMILES string of the molecule is CCc1cccc2c([C@H](CC(=O)NCc3cccc(C(F)(F)F)c3)c3cccc(C(F)(F)F)c3)c[nH]c12. The Hall–Kier alpha value is -3.75. The van der Waals surface area contributed by atoms with Gasteiger partial charge < -0.3 is 10.3 Å². The molecule has 1 heterocycles. The van der Waals surface area contributed by atoms with Crippen LogP contribution in [0.3, 0.4) is 0 Å². The van der Waals surface area contributed by atoms with Crippen molar-refractivity contribution >= 4 is 16.8 Å². The average molecular weight is 519 g/mol. The first-order chi connectivity index (χ1) is 17.5. The Morgan fingerprint density at radius 2 is 1.54 bits per heavy atom. The first kappa shape index (κ1) is 26.3. The summed E-state index contributed by atoms with van der Waals surface area (Å²) in [5.41, 5.74) is 1.46. The monoisotopic (exact) mass is 518 g/mol. The molecule has 194 valence electrons. The van der Waals surface area contributed by atoms with Gasteiger partial charge in [0.2, 0.25) is 5.91 Å². The lowest BCUT2D eigenvalue weighted by Crippen LogP contribution is -2.25. The molecule has 2 N–H and O–H groups in total. The molecule has 1 aromatic heterocycles. The third kappa shape index (κ3) is 5.98. The van der Waals surface area contributed by atoms with E-state index in [-0.39, 0.29) is 18.5 Å². The number of hydrogen-bond acceptors (Lipinski definition) is 1. The van der Waals surface area contributed by atoms with Crippen LogP contribution in [0.25, 0.3) is 10.9 Å². The standard InChI is InChI=1S/C28H24F6N2O/c1-2-18-7-5-11-22-24(16-36-26(18)22)23(19-8-4-10-21(13-19)28(32,33)34)14-25(37)35-15-17-6-3-9-20(12-17)27(29,30)31/h3-13,16,23,36H,2,14-15H2,1H3,(H,35,37)/t23-/m1/s1. The van der Waals surface area contributed by atoms with Crippen LogP contribution in [-0.2, 0) is 30.1 Å². The summed E-state index contributed by atoms with van der Waals surface area (Å²) in [6, 6.07) is 15.1. The summed E-state index contributed by atoms with van der Waals surface area (Å²) in [4.78, 5) is 16.1. The van der Waals surface area contributed by atoms with Crippen molar-refractivity contribution in [2.24, 2.45) is 0 Å². The number of nitrogens with one attached hydrogen (secondary N) is 2. The lowest BCUT2D eigenvalue weighted by Gasteiger charge is -2.19. The molecule has 0 unspecified atom stereocenters. The number of benzene rings is 3. The zero-order valence-electron chi connectivity index (χ0n) is 19.8. The van der Waals surface area contributed by atoms with Gasteiger partial charge in [0, 0.05) is 36.0 Å². The molecule has 0 aliphatic heterocycles. The van der Waals surface area contributed by atoms with Gasteiger partial charge >= 0.3 is 12.4 Å². The van der Waals surface area contributed by atoms with Gasteiger partial charge in [0.15, 0.2) is 0 Å². The fraction of sp³-hybridized carbons (Fsp3) is 0.250. The van der Waals surface area contributed by atoms with Gasteiger partial charge in [-0.25, -0.2) is 0 Å². The quantitative estimate of drug-likeness (QED) is 0.243. The molecule has 0 aliphatic carbocycles. The number of fused-ring (bicyclic) bond motifs is 1. The van der Waals surface area contributed by atoms with Crippen molar-refractivity contribution in [3.8, 4) is 0 Å². The molecule has 0 bridgehead atoms. The molecule has 0 aliphatic rings. The smallest absolute Gasteiger partial charge is 0.361 e. The van der Waals surface area contributed by atoms with Crippen LogP contribution in [0.5, 0.6) is 0 Å². The van der Waals surface area contributed by atoms with Crippen molar-refractivity contribution in [3.05, 3.63) is 106 Å². The highest BCUT2D eigenvalue weighted by molar-refractivity contribution is 5.88. The number of alkyl halides is 6. The Morgan fingerprint density at radius 1 is 0.892 bits per heavy atom. The normalized spacial score (nSPS) is 13.1. The predicted octanol–water partition coefficient (Wildman–Crippen LogP) is 7.61. The van der Waals surface area contributed by atoms with Gasteiger partial charge in [0.25, 0.3) is 0 Å². The first-order valence-electron chi connectivity index (χ1n) is 11.7. The van der Waals surface area contributed by atoms with Gasteiger partial charge in [-0.2, -0.15) is 26.3 Å². The highest BCUT2D eigenvalue weighted by atomic mass is 19.4. The van der Waals surface area contributed by atoms with Crippen LogP contribution in [0.4, 0.5) is 26.3 Å². The molecular formula is C28H24F6N2O. The number of halogens is 6. The van der Waals surface area contributed by atoms with Crippen molar-refractivity contribution < 1.29 is 31.1 Å². The summed E-state index contributed by atoms with van der Waals surface area (Å²) in [7, 11) is 0. The highest BCUT2D eigenvalue weighted by Gasteiger charge is 2.32. The predicted molar refractivity (Wildman–Crippen MR) is 129 cm³/mol. The van der Waals surface area contributed by atoms with E-state index in [2.05, 4.69) is 10.3 Å². The summed E-state index contributed by atoms with van der Waals surface area (Å²) in [5, 5.41) is 3.42. The molecule has 0 fully saturated rings. The van der Waals surface area contributed by atoms with Gasteiger partial charge in [-0.05, 0) is 46.9 Å². The van der Waals surface area contributed by atoms with E-state index in [0.29, 0.717) is 11.1 Å². The minimum Gasteiger partial charge on any atom is -0.361 e. The van der Waals surface area contributed by atoms with Crippen LogP contribution in [0.15, 0.2) is 72.9 Å². The Kier molecular flexibility index (Phi) is 7.34. The second-order valence-electron chi connectivity index (χ2n) is 8.79.